The molecule has 8 bridgehead atoms. The highest BCUT2D eigenvalue weighted by Gasteiger charge is 2.19. The molecule has 5 heterocycles. The third kappa shape index (κ3) is 12.1. The Balaban J connectivity index is 1.38. The van der Waals surface area contributed by atoms with Gasteiger partial charge in [-0.3, -0.25) is 0 Å². The Labute approximate surface area is 402 Å². The van der Waals surface area contributed by atoms with Gasteiger partial charge in [0.2, 0.25) is 0 Å². The van der Waals surface area contributed by atoms with Gasteiger partial charge in [-0.05, 0) is 151 Å². The zero-order valence-corrected chi connectivity index (χ0v) is 41.2. The standard InChI is InChI=1S/C59H69N5O4/c1-37(2)21-25-65-47-29-43(30-48(34-47)66-26-22-38(3)4)58-51-15-13-45(61-51)33-46-14-16-52(62-46)59(44-31-49(67-27-23-39(5)6)35-50(32-44)68-28-24-40(7)8)56-20-18-54(64-56)57(53-17-19-55(58)63-53)42-11-9-41(36-60)10-12-42/h9-20,29-35,37-40,61,64H,21-28,36,60H2,1-8H3. The average molecular weight is 912 g/mol. The van der Waals surface area contributed by atoms with Crippen LogP contribution in [0, 0.1) is 23.7 Å². The van der Waals surface area contributed by atoms with Crippen LogP contribution in [-0.2, 0) is 6.54 Å². The molecule has 0 saturated heterocycles. The molecule has 0 atom stereocenters. The molecule has 0 fully saturated rings. The molecule has 3 aromatic heterocycles. The molecule has 2 aliphatic heterocycles. The summed E-state index contributed by atoms with van der Waals surface area (Å²) in [4.78, 5) is 18.4. The third-order valence-electron chi connectivity index (χ3n) is 12.2. The van der Waals surface area contributed by atoms with Crippen molar-refractivity contribution in [3.05, 3.63) is 119 Å². The Hall–Kier alpha value is -6.58. The fourth-order valence-electron chi connectivity index (χ4n) is 8.27. The summed E-state index contributed by atoms with van der Waals surface area (Å²) in [6.07, 6.45) is 12.2. The number of rotatable bonds is 20. The van der Waals surface area contributed by atoms with Crippen molar-refractivity contribution in [3.8, 4) is 56.4 Å². The van der Waals surface area contributed by atoms with Gasteiger partial charge >= 0.3 is 0 Å². The first-order valence-corrected chi connectivity index (χ1v) is 24.6. The lowest BCUT2D eigenvalue weighted by Gasteiger charge is -2.14. The van der Waals surface area contributed by atoms with E-state index in [1.165, 1.54) is 0 Å². The summed E-state index contributed by atoms with van der Waals surface area (Å²) < 4.78 is 25.8. The van der Waals surface area contributed by atoms with Crippen molar-refractivity contribution in [2.45, 2.75) is 87.6 Å². The van der Waals surface area contributed by atoms with Crippen molar-refractivity contribution in [3.63, 3.8) is 0 Å². The van der Waals surface area contributed by atoms with Crippen LogP contribution >= 0.6 is 0 Å². The smallest absolute Gasteiger partial charge is 0.123 e. The number of benzene rings is 3. The molecule has 9 nitrogen and oxygen atoms in total. The van der Waals surface area contributed by atoms with Crippen LogP contribution < -0.4 is 24.7 Å². The Bertz CT molecular complexity index is 2780. The fourth-order valence-corrected chi connectivity index (χ4v) is 8.27. The van der Waals surface area contributed by atoms with Crippen molar-refractivity contribution in [2.75, 3.05) is 26.4 Å². The van der Waals surface area contributed by atoms with Gasteiger partial charge in [-0.15, -0.1) is 0 Å². The van der Waals surface area contributed by atoms with Gasteiger partial charge in [-0.25, -0.2) is 9.97 Å². The molecule has 0 radical (unpaired) electrons. The SMILES string of the molecule is CC(C)CCOc1cc(OCCC(C)C)cc(-c2c3nc(c(-c4ccc(CN)cc4)c4ccc([nH]4)c(-c4cc(OCCC(C)C)cc(OCCC(C)C)c4)c4nc(cc5ccc2[nH]5)C=C4)C=C3)c1. The van der Waals surface area contributed by atoms with Gasteiger partial charge in [0.1, 0.15) is 23.0 Å². The predicted molar refractivity (Wildman–Crippen MR) is 283 cm³/mol. The molecule has 9 heteroatoms. The van der Waals surface area contributed by atoms with Crippen molar-refractivity contribution >= 4 is 46.4 Å². The largest absolute Gasteiger partial charge is 0.493 e. The van der Waals surface area contributed by atoms with Gasteiger partial charge in [-0.2, -0.15) is 0 Å². The number of fused-ring (bicyclic) bond motifs is 8. The monoisotopic (exact) mass is 912 g/mol. The molecule has 0 amide bonds. The lowest BCUT2D eigenvalue weighted by Crippen LogP contribution is -2.04. The van der Waals surface area contributed by atoms with Crippen molar-refractivity contribution in [1.29, 1.82) is 0 Å². The molecule has 4 N–H and O–H groups in total. The van der Waals surface area contributed by atoms with Crippen LogP contribution in [0.1, 0.15) is 109 Å². The summed E-state index contributed by atoms with van der Waals surface area (Å²) in [7, 11) is 0. The first-order chi connectivity index (χ1) is 32.9. The molecule has 8 rings (SSSR count). The van der Waals surface area contributed by atoms with Crippen molar-refractivity contribution in [2.24, 2.45) is 29.4 Å². The van der Waals surface area contributed by atoms with E-state index in [4.69, 9.17) is 34.6 Å². The fraction of sp³-hybridized carbons (Fsp3) is 0.356. The van der Waals surface area contributed by atoms with E-state index in [9.17, 15) is 0 Å². The van der Waals surface area contributed by atoms with Crippen LogP contribution in [-0.4, -0.2) is 46.4 Å². The number of hydrogen-bond acceptors (Lipinski definition) is 7. The maximum absolute atomic E-state index is 6.44. The van der Waals surface area contributed by atoms with Gasteiger partial charge in [-0.1, -0.05) is 79.7 Å². The second-order valence-electron chi connectivity index (χ2n) is 19.8. The minimum Gasteiger partial charge on any atom is -0.493 e. The number of nitrogens with one attached hydrogen (secondary N) is 2. The summed E-state index contributed by atoms with van der Waals surface area (Å²) in [6, 6.07) is 31.5. The highest BCUT2D eigenvalue weighted by Crippen LogP contribution is 2.40. The topological polar surface area (TPSA) is 120 Å². The molecule has 68 heavy (non-hydrogen) atoms. The molecule has 0 aliphatic carbocycles. The number of hydrogen-bond donors (Lipinski definition) is 3. The first kappa shape index (κ1) is 47.9. The van der Waals surface area contributed by atoms with Crippen LogP contribution in [0.25, 0.3) is 79.8 Å². The molecule has 0 unspecified atom stereocenters. The second-order valence-corrected chi connectivity index (χ2v) is 19.8. The lowest BCUT2D eigenvalue weighted by molar-refractivity contribution is 0.276. The highest BCUT2D eigenvalue weighted by molar-refractivity contribution is 5.98. The normalized spacial score (nSPS) is 12.2. The molecule has 0 spiro atoms. The molecule has 0 saturated carbocycles. The van der Waals surface area contributed by atoms with E-state index in [1.807, 2.05) is 12.1 Å². The van der Waals surface area contributed by atoms with Gasteiger partial charge in [0, 0.05) is 57.4 Å². The van der Waals surface area contributed by atoms with Crippen LogP contribution in [0.3, 0.4) is 0 Å². The summed E-state index contributed by atoms with van der Waals surface area (Å²) in [5.41, 5.74) is 19.8. The van der Waals surface area contributed by atoms with Crippen molar-refractivity contribution < 1.29 is 18.9 Å². The number of aromatic nitrogens is 4. The quantitative estimate of drug-likeness (QED) is 0.0696. The van der Waals surface area contributed by atoms with Crippen LogP contribution in [0.5, 0.6) is 23.0 Å². The first-order valence-electron chi connectivity index (χ1n) is 24.6. The Morgan fingerprint density at radius 2 is 0.824 bits per heavy atom. The zero-order chi connectivity index (χ0) is 47.7. The van der Waals surface area contributed by atoms with E-state index in [0.29, 0.717) is 56.6 Å². The molecular formula is C59H69N5O4. The van der Waals surface area contributed by atoms with E-state index in [1.54, 1.807) is 0 Å². The van der Waals surface area contributed by atoms with Crippen LogP contribution in [0.2, 0.25) is 0 Å². The van der Waals surface area contributed by atoms with E-state index in [2.05, 4.69) is 169 Å². The summed E-state index contributed by atoms with van der Waals surface area (Å²) in [5.74, 6) is 5.13. The van der Waals surface area contributed by atoms with Gasteiger partial charge in [0.25, 0.3) is 0 Å². The van der Waals surface area contributed by atoms with Gasteiger partial charge in [0.05, 0.1) is 49.2 Å². The number of nitrogens with zero attached hydrogens (tertiary/aromatic N) is 2. The third-order valence-corrected chi connectivity index (χ3v) is 12.2. The molecule has 3 aromatic carbocycles. The van der Waals surface area contributed by atoms with E-state index in [-0.39, 0.29) is 0 Å². The Morgan fingerprint density at radius 1 is 0.426 bits per heavy atom. The summed E-state index contributed by atoms with van der Waals surface area (Å²) >= 11 is 0. The number of ether oxygens (including phenoxy) is 4. The second kappa shape index (κ2) is 22.0. The highest BCUT2D eigenvalue weighted by atomic mass is 16.5. The minimum atomic E-state index is 0.453. The van der Waals surface area contributed by atoms with Crippen LogP contribution in [0.4, 0.5) is 0 Å². The van der Waals surface area contributed by atoms with E-state index < -0.39 is 0 Å². The molecular weight excluding hydrogens is 843 g/mol. The Kier molecular flexibility index (Phi) is 15.5. The van der Waals surface area contributed by atoms with Gasteiger partial charge < -0.3 is 34.6 Å². The summed E-state index contributed by atoms with van der Waals surface area (Å²) in [5, 5.41) is 0. The molecule has 6 aromatic rings. The van der Waals surface area contributed by atoms with Crippen molar-refractivity contribution in [1.82, 2.24) is 19.9 Å². The number of H-pyrrole nitrogens is 2. The number of aromatic amines is 2. The predicted octanol–water partition coefficient (Wildman–Crippen LogP) is 14.8. The van der Waals surface area contributed by atoms with Crippen LogP contribution in [0.15, 0.2) is 91.0 Å². The average Bonchev–Trinajstić information content (AvgIpc) is 4.14. The zero-order valence-electron chi connectivity index (χ0n) is 41.2. The minimum absolute atomic E-state index is 0.453. The van der Waals surface area contributed by atoms with E-state index in [0.717, 1.165) is 132 Å². The summed E-state index contributed by atoms with van der Waals surface area (Å²) in [6.45, 7) is 20.6. The number of nitrogens with two attached hydrogens (primary N) is 1. The molecule has 354 valence electrons. The lowest BCUT2D eigenvalue weighted by atomic mass is 10.0. The maximum atomic E-state index is 6.44. The maximum Gasteiger partial charge on any atom is 0.123 e. The Morgan fingerprint density at radius 3 is 1.26 bits per heavy atom. The van der Waals surface area contributed by atoms with Gasteiger partial charge in [0.15, 0.2) is 0 Å². The van der Waals surface area contributed by atoms with E-state index >= 15 is 0 Å². The molecule has 2 aliphatic rings.